The largest absolute Gasteiger partial charge is 0.354 e. The van der Waals surface area contributed by atoms with Gasteiger partial charge in [-0.1, -0.05) is 6.42 Å². The highest BCUT2D eigenvalue weighted by Gasteiger charge is 2.23. The van der Waals surface area contributed by atoms with Crippen LogP contribution < -0.4 is 11.1 Å². The van der Waals surface area contributed by atoms with Crippen LogP contribution >= 0.6 is 11.3 Å². The van der Waals surface area contributed by atoms with Crippen molar-refractivity contribution < 1.29 is 4.79 Å². The maximum atomic E-state index is 11.7. The maximum absolute atomic E-state index is 11.7. The summed E-state index contributed by atoms with van der Waals surface area (Å²) < 4.78 is 2.03. The molecule has 2 aromatic heterocycles. The molecule has 0 radical (unpaired) electrons. The van der Waals surface area contributed by atoms with Gasteiger partial charge in [-0.3, -0.25) is 9.69 Å². The molecule has 6 nitrogen and oxygen atoms in total. The van der Waals surface area contributed by atoms with Crippen LogP contribution in [0.1, 0.15) is 30.6 Å². The molecule has 1 aliphatic heterocycles. The number of carbonyl (C=O) groups is 1. The average Bonchev–Trinajstić information content (AvgIpc) is 3.25. The van der Waals surface area contributed by atoms with Gasteiger partial charge in [-0.05, 0) is 25.5 Å². The fourth-order valence-corrected chi connectivity index (χ4v) is 4.04. The number of imidazole rings is 1. The van der Waals surface area contributed by atoms with Gasteiger partial charge in [0.2, 0.25) is 5.91 Å². The monoisotopic (exact) mass is 347 g/mol. The molecule has 1 saturated heterocycles. The number of nitrogens with one attached hydrogen (secondary N) is 1. The zero-order valence-electron chi connectivity index (χ0n) is 13.9. The van der Waals surface area contributed by atoms with E-state index in [9.17, 15) is 4.79 Å². The molecule has 0 aromatic carbocycles. The normalized spacial score (nSPS) is 18.6. The number of aromatic nitrogens is 2. The molecule has 3 heterocycles. The van der Waals surface area contributed by atoms with E-state index in [-0.39, 0.29) is 5.91 Å². The molecule has 1 amide bonds. The van der Waals surface area contributed by atoms with E-state index in [4.69, 9.17) is 5.73 Å². The Balaban J connectivity index is 1.58. The Labute approximate surface area is 146 Å². The van der Waals surface area contributed by atoms with E-state index in [1.807, 2.05) is 17.1 Å². The van der Waals surface area contributed by atoms with E-state index in [0.29, 0.717) is 19.0 Å². The molecule has 3 rings (SSSR count). The quantitative estimate of drug-likeness (QED) is 0.800. The highest BCUT2D eigenvalue weighted by molar-refractivity contribution is 7.10. The SMILES string of the molecule is NCCC(=O)NCC1CCCCN1Cc1cc(-n2ccnc2)cs1. The van der Waals surface area contributed by atoms with Crippen LogP contribution in [0.3, 0.4) is 0 Å². The Morgan fingerprint density at radius 1 is 1.46 bits per heavy atom. The summed E-state index contributed by atoms with van der Waals surface area (Å²) in [5, 5.41) is 5.19. The van der Waals surface area contributed by atoms with Crippen LogP contribution in [0.5, 0.6) is 0 Å². The number of amides is 1. The summed E-state index contributed by atoms with van der Waals surface area (Å²) in [6.07, 6.45) is 9.59. The molecule has 130 valence electrons. The first-order valence-corrected chi connectivity index (χ1v) is 9.41. The summed E-state index contributed by atoms with van der Waals surface area (Å²) >= 11 is 1.78. The van der Waals surface area contributed by atoms with Gasteiger partial charge in [0.05, 0.1) is 12.0 Å². The third-order valence-electron chi connectivity index (χ3n) is 4.46. The molecule has 7 heteroatoms. The molecule has 3 N–H and O–H groups in total. The molecule has 1 unspecified atom stereocenters. The predicted molar refractivity (Wildman–Crippen MR) is 96.2 cm³/mol. The first-order chi connectivity index (χ1) is 11.8. The molecule has 0 bridgehead atoms. The lowest BCUT2D eigenvalue weighted by molar-refractivity contribution is -0.121. The lowest BCUT2D eigenvalue weighted by Crippen LogP contribution is -2.46. The summed E-state index contributed by atoms with van der Waals surface area (Å²) in [5.41, 5.74) is 6.60. The van der Waals surface area contributed by atoms with Gasteiger partial charge in [-0.2, -0.15) is 0 Å². The van der Waals surface area contributed by atoms with Crippen LogP contribution in [0.15, 0.2) is 30.2 Å². The van der Waals surface area contributed by atoms with Crippen molar-refractivity contribution in [1.29, 1.82) is 0 Å². The molecular formula is C17H25N5OS. The number of thiophene rings is 1. The second kappa shape index (κ2) is 8.41. The molecule has 0 spiro atoms. The third-order valence-corrected chi connectivity index (χ3v) is 5.37. The number of piperidine rings is 1. The zero-order chi connectivity index (χ0) is 16.8. The van der Waals surface area contributed by atoms with Crippen molar-refractivity contribution in [3.63, 3.8) is 0 Å². The van der Waals surface area contributed by atoms with Crippen LogP contribution in [0.4, 0.5) is 0 Å². The standard InChI is InChI=1S/C17H25N5OS/c18-5-4-17(23)20-10-14-3-1-2-7-21(14)11-16-9-15(12-24-16)22-8-6-19-13-22/h6,8-9,12-14H,1-5,7,10-11,18H2,(H,20,23). The van der Waals surface area contributed by atoms with Crippen molar-refractivity contribution in [3.8, 4) is 5.69 Å². The molecular weight excluding hydrogens is 322 g/mol. The van der Waals surface area contributed by atoms with Crippen molar-refractivity contribution >= 4 is 17.2 Å². The van der Waals surface area contributed by atoms with Gasteiger partial charge in [-0.25, -0.2) is 4.98 Å². The Morgan fingerprint density at radius 3 is 3.17 bits per heavy atom. The summed E-state index contributed by atoms with van der Waals surface area (Å²) in [6, 6.07) is 2.64. The van der Waals surface area contributed by atoms with Crippen LogP contribution in [-0.2, 0) is 11.3 Å². The molecule has 1 atom stereocenters. The van der Waals surface area contributed by atoms with E-state index in [1.165, 1.54) is 17.7 Å². The maximum Gasteiger partial charge on any atom is 0.221 e. The molecule has 24 heavy (non-hydrogen) atoms. The summed E-state index contributed by atoms with van der Waals surface area (Å²) in [6.45, 7) is 3.16. The Bertz CT molecular complexity index is 639. The number of rotatable bonds is 7. The van der Waals surface area contributed by atoms with Crippen LogP contribution in [0.2, 0.25) is 0 Å². The zero-order valence-corrected chi connectivity index (χ0v) is 14.7. The highest BCUT2D eigenvalue weighted by atomic mass is 32.1. The van der Waals surface area contributed by atoms with Crippen LogP contribution in [0.25, 0.3) is 5.69 Å². The fourth-order valence-electron chi connectivity index (χ4n) is 3.15. The van der Waals surface area contributed by atoms with Gasteiger partial charge >= 0.3 is 0 Å². The lowest BCUT2D eigenvalue weighted by Gasteiger charge is -2.35. The summed E-state index contributed by atoms with van der Waals surface area (Å²) in [4.78, 5) is 19.6. The number of hydrogen-bond donors (Lipinski definition) is 2. The Hall–Kier alpha value is -1.70. The van der Waals surface area contributed by atoms with Crippen molar-refractivity contribution in [2.45, 2.75) is 38.3 Å². The fraction of sp³-hybridized carbons (Fsp3) is 0.529. The van der Waals surface area contributed by atoms with Crippen LogP contribution in [-0.4, -0.2) is 46.0 Å². The first-order valence-electron chi connectivity index (χ1n) is 8.53. The number of likely N-dealkylation sites (tertiary alicyclic amines) is 1. The minimum atomic E-state index is 0.0570. The molecule has 2 aromatic rings. The van der Waals surface area contributed by atoms with Crippen molar-refractivity contribution in [2.75, 3.05) is 19.6 Å². The molecule has 0 saturated carbocycles. The summed E-state index contributed by atoms with van der Waals surface area (Å²) in [5.74, 6) is 0.0570. The predicted octanol–water partition coefficient (Wildman–Crippen LogP) is 1.75. The average molecular weight is 347 g/mol. The van der Waals surface area contributed by atoms with E-state index in [1.54, 1.807) is 17.5 Å². The number of carbonyl (C=O) groups excluding carboxylic acids is 1. The summed E-state index contributed by atoms with van der Waals surface area (Å²) in [7, 11) is 0. The first kappa shape index (κ1) is 17.1. The molecule has 0 aliphatic carbocycles. The Morgan fingerprint density at radius 2 is 2.38 bits per heavy atom. The van der Waals surface area contributed by atoms with Gasteiger partial charge in [0.1, 0.15) is 0 Å². The van der Waals surface area contributed by atoms with E-state index in [2.05, 4.69) is 26.6 Å². The second-order valence-electron chi connectivity index (χ2n) is 6.20. The lowest BCUT2D eigenvalue weighted by atomic mass is 10.0. The van der Waals surface area contributed by atoms with Gasteiger partial charge in [0.25, 0.3) is 0 Å². The number of nitrogens with two attached hydrogens (primary N) is 1. The van der Waals surface area contributed by atoms with Gasteiger partial charge < -0.3 is 15.6 Å². The van der Waals surface area contributed by atoms with Crippen molar-refractivity contribution in [3.05, 3.63) is 35.0 Å². The van der Waals surface area contributed by atoms with Crippen LogP contribution in [0, 0.1) is 0 Å². The van der Waals surface area contributed by atoms with Gasteiger partial charge in [0, 0.05) is 54.7 Å². The van der Waals surface area contributed by atoms with Gasteiger partial charge in [-0.15, -0.1) is 11.3 Å². The van der Waals surface area contributed by atoms with E-state index in [0.717, 1.165) is 31.7 Å². The smallest absolute Gasteiger partial charge is 0.221 e. The number of hydrogen-bond acceptors (Lipinski definition) is 5. The second-order valence-corrected chi connectivity index (χ2v) is 7.20. The minimum absolute atomic E-state index is 0.0570. The number of nitrogens with zero attached hydrogens (tertiary/aromatic N) is 3. The molecule has 1 fully saturated rings. The highest BCUT2D eigenvalue weighted by Crippen LogP contribution is 2.24. The van der Waals surface area contributed by atoms with E-state index < -0.39 is 0 Å². The topological polar surface area (TPSA) is 76.2 Å². The Kier molecular flexibility index (Phi) is 6.01. The van der Waals surface area contributed by atoms with E-state index >= 15 is 0 Å². The minimum Gasteiger partial charge on any atom is -0.354 e. The van der Waals surface area contributed by atoms with Crippen molar-refractivity contribution in [1.82, 2.24) is 19.8 Å². The molecule has 1 aliphatic rings. The van der Waals surface area contributed by atoms with Gasteiger partial charge in [0.15, 0.2) is 0 Å². The van der Waals surface area contributed by atoms with Crippen molar-refractivity contribution in [2.24, 2.45) is 5.73 Å². The third kappa shape index (κ3) is 4.43.